The molecule has 1 saturated heterocycles. The van der Waals surface area contributed by atoms with Gasteiger partial charge in [-0.15, -0.1) is 0 Å². The maximum atomic E-state index is 11.3. The predicted octanol–water partition coefficient (Wildman–Crippen LogP) is 1.33. The molecule has 0 aliphatic carbocycles. The molecule has 8 heteroatoms. The average Bonchev–Trinajstić information content (AvgIpc) is 3.06. The second kappa shape index (κ2) is 5.70. The fraction of sp³-hybridized carbons (Fsp3) is 0.385. The highest BCUT2D eigenvalue weighted by atomic mass is 32.2. The third-order valence-corrected chi connectivity index (χ3v) is 4.83. The van der Waals surface area contributed by atoms with E-state index in [2.05, 4.69) is 19.0 Å². The highest BCUT2D eigenvalue weighted by Crippen LogP contribution is 2.26. The van der Waals surface area contributed by atoms with Crippen molar-refractivity contribution < 1.29 is 8.42 Å². The number of hydrogen-bond acceptors (Lipinski definition) is 6. The van der Waals surface area contributed by atoms with E-state index in [0.717, 1.165) is 29.5 Å². The Hall–Kier alpha value is -1.51. The third kappa shape index (κ3) is 3.58. The first-order chi connectivity index (χ1) is 10.0. The molecule has 1 atom stereocenters. The van der Waals surface area contributed by atoms with Crippen molar-refractivity contribution in [3.63, 3.8) is 0 Å². The Balaban J connectivity index is 1.71. The van der Waals surface area contributed by atoms with Crippen molar-refractivity contribution in [3.05, 3.63) is 30.3 Å². The van der Waals surface area contributed by atoms with Crippen LogP contribution in [0.4, 0.5) is 5.13 Å². The van der Waals surface area contributed by atoms with Crippen LogP contribution in [0.3, 0.4) is 0 Å². The van der Waals surface area contributed by atoms with Gasteiger partial charge in [0.2, 0.25) is 15.2 Å². The number of aromatic nitrogens is 2. The molecule has 1 aliphatic rings. The SMILES string of the molecule is CS(=O)(=O)N[C@H]1CCN(c2nc(-c3ccccc3)ns2)C1. The molecule has 3 rings (SSSR count). The lowest BCUT2D eigenvalue weighted by Crippen LogP contribution is -2.36. The summed E-state index contributed by atoms with van der Waals surface area (Å²) < 4.78 is 29.6. The average molecular weight is 324 g/mol. The van der Waals surface area contributed by atoms with Crippen LogP contribution in [0.25, 0.3) is 11.4 Å². The molecule has 1 fully saturated rings. The molecule has 2 heterocycles. The summed E-state index contributed by atoms with van der Waals surface area (Å²) >= 11 is 1.35. The van der Waals surface area contributed by atoms with E-state index in [-0.39, 0.29) is 6.04 Å². The number of hydrogen-bond donors (Lipinski definition) is 1. The zero-order valence-electron chi connectivity index (χ0n) is 11.6. The molecule has 21 heavy (non-hydrogen) atoms. The highest BCUT2D eigenvalue weighted by molar-refractivity contribution is 7.88. The maximum absolute atomic E-state index is 11.3. The first-order valence-corrected chi connectivity index (χ1v) is 9.29. The second-order valence-corrected chi connectivity index (χ2v) is 7.60. The molecule has 1 N–H and O–H groups in total. The Morgan fingerprint density at radius 3 is 2.81 bits per heavy atom. The van der Waals surface area contributed by atoms with Crippen molar-refractivity contribution in [3.8, 4) is 11.4 Å². The van der Waals surface area contributed by atoms with E-state index < -0.39 is 10.0 Å². The summed E-state index contributed by atoms with van der Waals surface area (Å²) in [6, 6.07) is 9.77. The van der Waals surface area contributed by atoms with E-state index in [1.165, 1.54) is 17.8 Å². The molecule has 0 radical (unpaired) electrons. The highest BCUT2D eigenvalue weighted by Gasteiger charge is 2.27. The first kappa shape index (κ1) is 14.4. The molecule has 0 bridgehead atoms. The molecule has 0 amide bonds. The minimum absolute atomic E-state index is 0.0518. The molecular formula is C13H16N4O2S2. The van der Waals surface area contributed by atoms with Crippen molar-refractivity contribution >= 4 is 26.7 Å². The van der Waals surface area contributed by atoms with Crippen LogP contribution in [0.2, 0.25) is 0 Å². The van der Waals surface area contributed by atoms with E-state index in [0.29, 0.717) is 6.54 Å². The standard InChI is InChI=1S/C13H16N4O2S2/c1-21(18,19)16-11-7-8-17(9-11)13-14-12(15-20-13)10-5-3-2-4-6-10/h2-6,11,16H,7-9H2,1H3/t11-/m0/s1. The van der Waals surface area contributed by atoms with Crippen LogP contribution >= 0.6 is 11.5 Å². The minimum Gasteiger partial charge on any atom is -0.345 e. The Bertz CT molecular complexity index is 715. The summed E-state index contributed by atoms with van der Waals surface area (Å²) in [7, 11) is -3.16. The van der Waals surface area contributed by atoms with Gasteiger partial charge in [0.15, 0.2) is 5.82 Å². The van der Waals surface area contributed by atoms with E-state index in [1.807, 2.05) is 30.3 Å². The van der Waals surface area contributed by atoms with Gasteiger partial charge in [0.05, 0.1) is 6.26 Å². The Kier molecular flexibility index (Phi) is 3.92. The van der Waals surface area contributed by atoms with Gasteiger partial charge in [0.25, 0.3) is 0 Å². The number of rotatable bonds is 4. The third-order valence-electron chi connectivity index (χ3n) is 3.29. The van der Waals surface area contributed by atoms with Crippen molar-refractivity contribution in [1.82, 2.24) is 14.1 Å². The summed E-state index contributed by atoms with van der Waals surface area (Å²) in [5.74, 6) is 0.718. The molecule has 1 aliphatic heterocycles. The normalized spacial score (nSPS) is 19.1. The van der Waals surface area contributed by atoms with Crippen LogP contribution in [-0.4, -0.2) is 43.2 Å². The van der Waals surface area contributed by atoms with Crippen LogP contribution in [0.1, 0.15) is 6.42 Å². The Morgan fingerprint density at radius 2 is 2.10 bits per heavy atom. The topological polar surface area (TPSA) is 75.2 Å². The fourth-order valence-corrected chi connectivity index (χ4v) is 3.90. The summed E-state index contributed by atoms with van der Waals surface area (Å²) in [5.41, 5.74) is 0.991. The Morgan fingerprint density at radius 1 is 1.33 bits per heavy atom. The van der Waals surface area contributed by atoms with Crippen molar-refractivity contribution in [2.45, 2.75) is 12.5 Å². The van der Waals surface area contributed by atoms with E-state index in [9.17, 15) is 8.42 Å². The maximum Gasteiger partial charge on any atom is 0.209 e. The summed E-state index contributed by atoms with van der Waals surface area (Å²) in [6.07, 6.45) is 1.97. The minimum atomic E-state index is -3.16. The lowest BCUT2D eigenvalue weighted by Gasteiger charge is -2.14. The largest absolute Gasteiger partial charge is 0.345 e. The molecule has 112 valence electrons. The van der Waals surface area contributed by atoms with Gasteiger partial charge in [-0.25, -0.2) is 13.1 Å². The van der Waals surface area contributed by atoms with Crippen molar-refractivity contribution in [1.29, 1.82) is 0 Å². The van der Waals surface area contributed by atoms with E-state index >= 15 is 0 Å². The molecular weight excluding hydrogens is 308 g/mol. The van der Waals surface area contributed by atoms with Gasteiger partial charge >= 0.3 is 0 Å². The fourth-order valence-electron chi connectivity index (χ4n) is 2.38. The second-order valence-electron chi connectivity index (χ2n) is 5.09. The predicted molar refractivity (Wildman–Crippen MR) is 83.9 cm³/mol. The van der Waals surface area contributed by atoms with Crippen LogP contribution in [0.15, 0.2) is 30.3 Å². The lowest BCUT2D eigenvalue weighted by atomic mass is 10.2. The molecule has 1 aromatic carbocycles. The molecule has 6 nitrogen and oxygen atoms in total. The quantitative estimate of drug-likeness (QED) is 0.918. The van der Waals surface area contributed by atoms with Gasteiger partial charge < -0.3 is 4.90 Å². The Labute approximate surface area is 128 Å². The number of anilines is 1. The van der Waals surface area contributed by atoms with Gasteiger partial charge in [0, 0.05) is 36.2 Å². The van der Waals surface area contributed by atoms with E-state index in [4.69, 9.17) is 0 Å². The van der Waals surface area contributed by atoms with Crippen molar-refractivity contribution in [2.24, 2.45) is 0 Å². The van der Waals surface area contributed by atoms with Gasteiger partial charge in [0.1, 0.15) is 0 Å². The van der Waals surface area contributed by atoms with Gasteiger partial charge in [-0.1, -0.05) is 30.3 Å². The number of sulfonamides is 1. The summed E-state index contributed by atoms with van der Waals surface area (Å²) in [6.45, 7) is 1.42. The van der Waals surface area contributed by atoms with Crippen molar-refractivity contribution in [2.75, 3.05) is 24.2 Å². The summed E-state index contributed by atoms with van der Waals surface area (Å²) in [5, 5.41) is 0.839. The van der Waals surface area contributed by atoms with Crippen LogP contribution in [-0.2, 0) is 10.0 Å². The molecule has 1 aromatic heterocycles. The number of nitrogens with zero attached hydrogens (tertiary/aromatic N) is 3. The van der Waals surface area contributed by atoms with Gasteiger partial charge in [-0.3, -0.25) is 0 Å². The van der Waals surface area contributed by atoms with Gasteiger partial charge in [-0.05, 0) is 6.42 Å². The zero-order valence-corrected chi connectivity index (χ0v) is 13.2. The number of benzene rings is 1. The van der Waals surface area contributed by atoms with Crippen LogP contribution < -0.4 is 9.62 Å². The molecule has 0 saturated carbocycles. The van der Waals surface area contributed by atoms with Crippen LogP contribution in [0, 0.1) is 0 Å². The van der Waals surface area contributed by atoms with Gasteiger partial charge in [-0.2, -0.15) is 9.36 Å². The summed E-state index contributed by atoms with van der Waals surface area (Å²) in [4.78, 5) is 6.63. The molecule has 2 aromatic rings. The lowest BCUT2D eigenvalue weighted by molar-refractivity contribution is 0.567. The smallest absolute Gasteiger partial charge is 0.209 e. The first-order valence-electron chi connectivity index (χ1n) is 6.63. The zero-order chi connectivity index (χ0) is 14.9. The van der Waals surface area contributed by atoms with E-state index in [1.54, 1.807) is 0 Å². The monoisotopic (exact) mass is 324 g/mol. The molecule has 0 spiro atoms. The van der Waals surface area contributed by atoms with Crippen LogP contribution in [0.5, 0.6) is 0 Å². The molecule has 0 unspecified atom stereocenters. The number of nitrogens with one attached hydrogen (secondary N) is 1.